The van der Waals surface area contributed by atoms with Gasteiger partial charge in [0.25, 0.3) is 11.8 Å². The Hall–Kier alpha value is -3.29. The van der Waals surface area contributed by atoms with E-state index in [4.69, 9.17) is 9.26 Å². The highest BCUT2D eigenvalue weighted by molar-refractivity contribution is 5.95. The number of hydrogen-bond acceptors (Lipinski definition) is 6. The van der Waals surface area contributed by atoms with Gasteiger partial charge < -0.3 is 14.6 Å². The molecule has 2 fully saturated rings. The van der Waals surface area contributed by atoms with Crippen molar-refractivity contribution in [1.29, 1.82) is 0 Å². The molecule has 2 heterocycles. The summed E-state index contributed by atoms with van der Waals surface area (Å²) in [6.45, 7) is 1.80. The van der Waals surface area contributed by atoms with Crippen LogP contribution in [0, 0.1) is 11.7 Å². The predicted molar refractivity (Wildman–Crippen MR) is 110 cm³/mol. The van der Waals surface area contributed by atoms with Crippen LogP contribution >= 0.6 is 0 Å². The molecule has 3 aromatic rings. The third kappa shape index (κ3) is 4.73. The van der Waals surface area contributed by atoms with E-state index in [9.17, 15) is 9.18 Å². The standard InChI is InChI=1S/C23H23FN4O3/c1-13(30-18-8-7-17(25-12-18)10-14-2-3-14)21-27-23(31-28-21)15-4-9-19(20(24)11-15)22(29)26-16-5-6-16/h4,7-9,11-14,16H,2-3,5-6,10H2,1H3,(H,26,29). The molecule has 5 rings (SSSR count). The SMILES string of the molecule is CC(Oc1ccc(CC2CC2)nc1)c1noc(-c2ccc(C(=O)NC3CC3)c(F)c2)n1. The third-order valence-corrected chi connectivity index (χ3v) is 5.48. The monoisotopic (exact) mass is 422 g/mol. The van der Waals surface area contributed by atoms with Gasteiger partial charge in [0.2, 0.25) is 5.82 Å². The van der Waals surface area contributed by atoms with E-state index in [1.54, 1.807) is 19.2 Å². The summed E-state index contributed by atoms with van der Waals surface area (Å²) in [6.07, 6.45) is 6.71. The molecular weight excluding hydrogens is 399 g/mol. The first-order valence-corrected chi connectivity index (χ1v) is 10.6. The van der Waals surface area contributed by atoms with E-state index >= 15 is 0 Å². The van der Waals surface area contributed by atoms with Crippen LogP contribution in [0.2, 0.25) is 0 Å². The number of carbonyl (C=O) groups excluding carboxylic acids is 1. The maximum Gasteiger partial charge on any atom is 0.258 e. The second kappa shape index (κ2) is 8.09. The predicted octanol–water partition coefficient (Wildman–Crippen LogP) is 4.26. The van der Waals surface area contributed by atoms with E-state index in [1.165, 1.54) is 25.0 Å². The number of ether oxygens (including phenoxy) is 1. The number of nitrogens with zero attached hydrogens (tertiary/aromatic N) is 3. The first kappa shape index (κ1) is 19.7. The second-order valence-electron chi connectivity index (χ2n) is 8.29. The minimum Gasteiger partial charge on any atom is -0.481 e. The Bertz CT molecular complexity index is 1090. The lowest BCUT2D eigenvalue weighted by molar-refractivity contribution is 0.0947. The molecule has 2 aliphatic rings. The zero-order chi connectivity index (χ0) is 21.4. The number of amides is 1. The number of benzene rings is 1. The van der Waals surface area contributed by atoms with Gasteiger partial charge in [-0.1, -0.05) is 5.16 Å². The maximum absolute atomic E-state index is 14.4. The summed E-state index contributed by atoms with van der Waals surface area (Å²) >= 11 is 0. The smallest absolute Gasteiger partial charge is 0.258 e. The summed E-state index contributed by atoms with van der Waals surface area (Å²) in [5.41, 5.74) is 1.47. The van der Waals surface area contributed by atoms with Gasteiger partial charge in [-0.2, -0.15) is 4.98 Å². The van der Waals surface area contributed by atoms with E-state index < -0.39 is 17.8 Å². The topological polar surface area (TPSA) is 90.1 Å². The fourth-order valence-electron chi connectivity index (χ4n) is 3.32. The van der Waals surface area contributed by atoms with Crippen LogP contribution in [0.3, 0.4) is 0 Å². The molecule has 31 heavy (non-hydrogen) atoms. The highest BCUT2D eigenvalue weighted by Gasteiger charge is 2.26. The quantitative estimate of drug-likeness (QED) is 0.584. The Balaban J connectivity index is 1.24. The number of pyridine rings is 1. The fraction of sp³-hybridized carbons (Fsp3) is 0.391. The Morgan fingerprint density at radius 3 is 2.77 bits per heavy atom. The lowest BCUT2D eigenvalue weighted by atomic mass is 10.1. The Morgan fingerprint density at radius 2 is 2.10 bits per heavy atom. The average Bonchev–Trinajstić information content (AvgIpc) is 3.69. The van der Waals surface area contributed by atoms with Crippen molar-refractivity contribution in [2.24, 2.45) is 5.92 Å². The normalized spacial score (nSPS) is 16.7. The molecule has 1 N–H and O–H groups in total. The van der Waals surface area contributed by atoms with E-state index in [1.807, 2.05) is 12.1 Å². The molecular formula is C23H23FN4O3. The lowest BCUT2D eigenvalue weighted by Gasteiger charge is -2.11. The molecule has 1 amide bonds. The molecule has 160 valence electrons. The summed E-state index contributed by atoms with van der Waals surface area (Å²) in [7, 11) is 0. The number of aromatic nitrogens is 3. The molecule has 2 aliphatic carbocycles. The Morgan fingerprint density at radius 1 is 1.26 bits per heavy atom. The van der Waals surface area contributed by atoms with Crippen molar-refractivity contribution in [3.05, 3.63) is 59.4 Å². The number of halogens is 1. The highest BCUT2D eigenvalue weighted by Crippen LogP contribution is 2.32. The van der Waals surface area contributed by atoms with Crippen molar-refractivity contribution in [3.8, 4) is 17.2 Å². The minimum atomic E-state index is -0.628. The number of hydrogen-bond donors (Lipinski definition) is 1. The van der Waals surface area contributed by atoms with Crippen LogP contribution in [0.5, 0.6) is 5.75 Å². The van der Waals surface area contributed by atoms with E-state index in [0.717, 1.165) is 30.9 Å². The molecule has 0 radical (unpaired) electrons. The van der Waals surface area contributed by atoms with Crippen LogP contribution in [0.1, 0.15) is 60.6 Å². The zero-order valence-corrected chi connectivity index (χ0v) is 17.2. The Kier molecular flexibility index (Phi) is 5.13. The van der Waals surface area contributed by atoms with Crippen molar-refractivity contribution in [2.75, 3.05) is 0 Å². The second-order valence-corrected chi connectivity index (χ2v) is 8.29. The number of carbonyl (C=O) groups is 1. The molecule has 1 aromatic carbocycles. The molecule has 0 bridgehead atoms. The van der Waals surface area contributed by atoms with Crippen molar-refractivity contribution in [3.63, 3.8) is 0 Å². The van der Waals surface area contributed by atoms with Gasteiger partial charge in [0, 0.05) is 17.3 Å². The van der Waals surface area contributed by atoms with Gasteiger partial charge in [0.05, 0.1) is 11.8 Å². The molecule has 7 nitrogen and oxygen atoms in total. The molecule has 0 saturated heterocycles. The van der Waals surface area contributed by atoms with Gasteiger partial charge >= 0.3 is 0 Å². The van der Waals surface area contributed by atoms with Gasteiger partial charge in [0.15, 0.2) is 6.10 Å². The van der Waals surface area contributed by atoms with Gasteiger partial charge in [-0.25, -0.2) is 4.39 Å². The van der Waals surface area contributed by atoms with Gasteiger partial charge in [-0.05, 0) is 75.3 Å². The Labute approximate surface area is 179 Å². The van der Waals surface area contributed by atoms with Crippen molar-refractivity contribution in [2.45, 2.75) is 51.2 Å². The highest BCUT2D eigenvalue weighted by atomic mass is 19.1. The molecule has 8 heteroatoms. The lowest BCUT2D eigenvalue weighted by Crippen LogP contribution is -2.26. The average molecular weight is 422 g/mol. The molecule has 1 atom stereocenters. The fourth-order valence-corrected chi connectivity index (χ4v) is 3.32. The van der Waals surface area contributed by atoms with Crippen molar-refractivity contribution in [1.82, 2.24) is 20.4 Å². The molecule has 0 spiro atoms. The van der Waals surface area contributed by atoms with Gasteiger partial charge in [-0.3, -0.25) is 9.78 Å². The molecule has 2 saturated carbocycles. The van der Waals surface area contributed by atoms with Gasteiger partial charge in [0.1, 0.15) is 11.6 Å². The van der Waals surface area contributed by atoms with Gasteiger partial charge in [-0.15, -0.1) is 0 Å². The van der Waals surface area contributed by atoms with Crippen LogP contribution in [0.4, 0.5) is 4.39 Å². The van der Waals surface area contributed by atoms with E-state index in [2.05, 4.69) is 20.4 Å². The van der Waals surface area contributed by atoms with Crippen molar-refractivity contribution >= 4 is 5.91 Å². The van der Waals surface area contributed by atoms with Crippen LogP contribution in [0.25, 0.3) is 11.5 Å². The van der Waals surface area contributed by atoms with Crippen molar-refractivity contribution < 1.29 is 18.4 Å². The summed E-state index contributed by atoms with van der Waals surface area (Å²) in [5.74, 6) is 0.871. The van der Waals surface area contributed by atoms with Crippen LogP contribution in [-0.2, 0) is 6.42 Å². The molecule has 2 aromatic heterocycles. The zero-order valence-electron chi connectivity index (χ0n) is 17.2. The first-order valence-electron chi connectivity index (χ1n) is 10.6. The summed E-state index contributed by atoms with van der Waals surface area (Å²) in [5, 5.41) is 6.73. The van der Waals surface area contributed by atoms with Crippen LogP contribution < -0.4 is 10.1 Å². The third-order valence-electron chi connectivity index (χ3n) is 5.48. The number of nitrogens with one attached hydrogen (secondary N) is 1. The summed E-state index contributed by atoms with van der Waals surface area (Å²) in [4.78, 5) is 20.9. The molecule has 1 unspecified atom stereocenters. The minimum absolute atomic E-state index is 0.00437. The summed E-state index contributed by atoms with van der Waals surface area (Å²) in [6, 6.07) is 8.29. The largest absolute Gasteiger partial charge is 0.481 e. The number of rotatable bonds is 8. The first-order chi connectivity index (χ1) is 15.0. The summed E-state index contributed by atoms with van der Waals surface area (Å²) < 4.78 is 25.6. The van der Waals surface area contributed by atoms with E-state index in [-0.39, 0.29) is 17.5 Å². The van der Waals surface area contributed by atoms with E-state index in [0.29, 0.717) is 17.1 Å². The maximum atomic E-state index is 14.4. The van der Waals surface area contributed by atoms with Crippen LogP contribution in [0.15, 0.2) is 41.1 Å². The molecule has 0 aliphatic heterocycles. The van der Waals surface area contributed by atoms with Crippen LogP contribution in [-0.4, -0.2) is 27.1 Å².